The van der Waals surface area contributed by atoms with Gasteiger partial charge in [-0.3, -0.25) is 4.79 Å². The number of hydrogen-bond acceptors (Lipinski definition) is 6. The normalized spacial score (nSPS) is 13.5. The first-order valence-electron chi connectivity index (χ1n) is 9.47. The van der Waals surface area contributed by atoms with Crippen LogP contribution in [0.5, 0.6) is 0 Å². The van der Waals surface area contributed by atoms with Crippen LogP contribution in [-0.2, 0) is 12.6 Å². The number of hydrogen-bond donors (Lipinski definition) is 3. The number of nitrogens with zero attached hydrogens (tertiary/aromatic N) is 2. The van der Waals surface area contributed by atoms with Crippen molar-refractivity contribution in [3.8, 4) is 0 Å². The number of pyridine rings is 2. The Morgan fingerprint density at radius 3 is 2.45 bits per heavy atom. The van der Waals surface area contributed by atoms with E-state index >= 15 is 0 Å². The van der Waals surface area contributed by atoms with Gasteiger partial charge in [-0.15, -0.1) is 0 Å². The Kier molecular flexibility index (Phi) is 6.26. The van der Waals surface area contributed by atoms with E-state index in [0.717, 1.165) is 11.6 Å². The maximum absolute atomic E-state index is 13.5. The van der Waals surface area contributed by atoms with Crippen LogP contribution in [0.25, 0.3) is 0 Å². The molecule has 0 saturated carbocycles. The molecule has 3 rings (SSSR count). The molecule has 3 aromatic rings. The molecule has 0 spiro atoms. The highest BCUT2D eigenvalue weighted by Gasteiger charge is 2.37. The SMILES string of the molecule is CC(N)(CNc1ccc(C(F)(F)F)c(C(=O)c2cccnc2N)n1)Cc1ccccc1.[HH].[HH].[HH].[HH].[HH]. The predicted molar refractivity (Wildman–Crippen MR) is 123 cm³/mol. The third-order valence-electron chi connectivity index (χ3n) is 4.62. The maximum Gasteiger partial charge on any atom is 0.418 e. The fourth-order valence-electron chi connectivity index (χ4n) is 3.11. The summed E-state index contributed by atoms with van der Waals surface area (Å²) < 4.78 is 40.5. The fourth-order valence-corrected chi connectivity index (χ4v) is 3.11. The van der Waals surface area contributed by atoms with Crippen molar-refractivity contribution >= 4 is 17.4 Å². The number of nitrogens with one attached hydrogen (secondary N) is 1. The second kappa shape index (κ2) is 8.73. The molecule has 0 amide bonds. The number of alkyl halides is 3. The number of anilines is 2. The molecule has 5 N–H and O–H groups in total. The number of benzene rings is 1. The van der Waals surface area contributed by atoms with Gasteiger partial charge in [-0.1, -0.05) is 30.3 Å². The van der Waals surface area contributed by atoms with Crippen molar-refractivity contribution in [3.63, 3.8) is 0 Å². The van der Waals surface area contributed by atoms with E-state index in [4.69, 9.17) is 11.5 Å². The van der Waals surface area contributed by atoms with Gasteiger partial charge in [-0.25, -0.2) is 9.97 Å². The van der Waals surface area contributed by atoms with Crippen LogP contribution in [0, 0.1) is 0 Å². The van der Waals surface area contributed by atoms with Gasteiger partial charge in [-0.05, 0) is 43.2 Å². The van der Waals surface area contributed by atoms with Crippen LogP contribution in [0.15, 0.2) is 60.8 Å². The quantitative estimate of drug-likeness (QED) is 0.452. The summed E-state index contributed by atoms with van der Waals surface area (Å²) in [5, 5.41) is 2.94. The number of ketones is 1. The zero-order valence-electron chi connectivity index (χ0n) is 16.8. The summed E-state index contributed by atoms with van der Waals surface area (Å²) in [4.78, 5) is 20.5. The van der Waals surface area contributed by atoms with Gasteiger partial charge < -0.3 is 16.8 Å². The van der Waals surface area contributed by atoms with Crippen molar-refractivity contribution in [2.45, 2.75) is 25.1 Å². The Balaban J connectivity index is -0.00000218. The molecule has 2 aromatic heterocycles. The van der Waals surface area contributed by atoms with E-state index in [2.05, 4.69) is 15.3 Å². The second-order valence-electron chi connectivity index (χ2n) is 7.53. The molecule has 31 heavy (non-hydrogen) atoms. The number of rotatable bonds is 7. The molecule has 2 heterocycles. The monoisotopic (exact) mass is 439 g/mol. The molecule has 0 bridgehead atoms. The standard InChI is InChI=1S/C22H22F3N5O.5H2/c1-21(27,12-14-6-3-2-4-7-14)13-29-17-10-9-16(22(23,24)25)18(30-17)19(31)15-8-5-11-28-20(15)26;;;;;/h2-11H,12-13,27H2,1H3,(H2,26,28)(H,29,30);5*1H. The number of halogens is 3. The van der Waals surface area contributed by atoms with E-state index in [0.29, 0.717) is 6.42 Å². The lowest BCUT2D eigenvalue weighted by molar-refractivity contribution is -0.138. The van der Waals surface area contributed by atoms with Crippen molar-refractivity contribution < 1.29 is 25.1 Å². The Bertz CT molecular complexity index is 1090. The summed E-state index contributed by atoms with van der Waals surface area (Å²) in [5.74, 6) is -1.02. The highest BCUT2D eigenvalue weighted by molar-refractivity contribution is 6.11. The van der Waals surface area contributed by atoms with Gasteiger partial charge in [0.15, 0.2) is 0 Å². The van der Waals surface area contributed by atoms with Crippen molar-refractivity contribution in [2.24, 2.45) is 5.73 Å². The first-order chi connectivity index (χ1) is 14.6. The van der Waals surface area contributed by atoms with Crippen molar-refractivity contribution in [1.29, 1.82) is 0 Å². The van der Waals surface area contributed by atoms with Crippen LogP contribution in [-0.4, -0.2) is 27.8 Å². The number of nitrogen functional groups attached to an aromatic ring is 1. The molecule has 6 nitrogen and oxygen atoms in total. The summed E-state index contributed by atoms with van der Waals surface area (Å²) in [6, 6.07) is 14.3. The van der Waals surface area contributed by atoms with Crippen LogP contribution in [0.1, 0.15) is 41.2 Å². The molecule has 0 saturated heterocycles. The molecule has 0 fully saturated rings. The summed E-state index contributed by atoms with van der Waals surface area (Å²) in [5.41, 5.74) is 10.3. The topological polar surface area (TPSA) is 107 Å². The zero-order chi connectivity index (χ0) is 22.6. The minimum absolute atomic E-state index is 0. The van der Waals surface area contributed by atoms with E-state index < -0.39 is 28.8 Å². The number of aromatic nitrogens is 2. The smallest absolute Gasteiger partial charge is 0.383 e. The van der Waals surface area contributed by atoms with Crippen LogP contribution in [0.3, 0.4) is 0 Å². The molecule has 0 aliphatic carbocycles. The van der Waals surface area contributed by atoms with Crippen molar-refractivity contribution in [3.05, 3.63) is 83.2 Å². The third-order valence-corrected chi connectivity index (χ3v) is 4.62. The lowest BCUT2D eigenvalue weighted by Crippen LogP contribution is -2.45. The molecule has 0 radical (unpaired) electrons. The fraction of sp³-hybridized carbons (Fsp3) is 0.227. The number of carbonyl (C=O) groups is 1. The zero-order valence-corrected chi connectivity index (χ0v) is 16.8. The van der Waals surface area contributed by atoms with Crippen LogP contribution in [0.4, 0.5) is 24.8 Å². The van der Waals surface area contributed by atoms with Gasteiger partial charge in [0.25, 0.3) is 0 Å². The molecule has 0 aliphatic heterocycles. The van der Waals surface area contributed by atoms with Crippen molar-refractivity contribution in [1.82, 2.24) is 9.97 Å². The molecule has 0 aliphatic rings. The molecule has 1 atom stereocenters. The van der Waals surface area contributed by atoms with Crippen LogP contribution < -0.4 is 16.8 Å². The van der Waals surface area contributed by atoms with Crippen LogP contribution in [0.2, 0.25) is 0 Å². The summed E-state index contributed by atoms with van der Waals surface area (Å²) in [6.07, 6.45) is -2.88. The Hall–Kier alpha value is -3.46. The van der Waals surface area contributed by atoms with Gasteiger partial charge in [-0.2, -0.15) is 13.2 Å². The lowest BCUT2D eigenvalue weighted by atomic mass is 9.94. The van der Waals surface area contributed by atoms with E-state index in [-0.39, 0.29) is 30.9 Å². The van der Waals surface area contributed by atoms with E-state index in [1.54, 1.807) is 0 Å². The summed E-state index contributed by atoms with van der Waals surface area (Å²) in [7, 11) is 0. The maximum atomic E-state index is 13.5. The highest BCUT2D eigenvalue weighted by atomic mass is 19.4. The minimum Gasteiger partial charge on any atom is -0.383 e. The van der Waals surface area contributed by atoms with Gasteiger partial charge in [0.05, 0.1) is 11.1 Å². The first-order valence-corrected chi connectivity index (χ1v) is 9.47. The summed E-state index contributed by atoms with van der Waals surface area (Å²) >= 11 is 0. The number of carbonyl (C=O) groups excluding carboxylic acids is 1. The third kappa shape index (κ3) is 5.58. The van der Waals surface area contributed by atoms with Gasteiger partial charge in [0.1, 0.15) is 17.3 Å². The van der Waals surface area contributed by atoms with E-state index in [1.807, 2.05) is 37.3 Å². The number of nitrogens with two attached hydrogens (primary N) is 2. The van der Waals surface area contributed by atoms with Gasteiger partial charge in [0, 0.05) is 25.4 Å². The second-order valence-corrected chi connectivity index (χ2v) is 7.53. The predicted octanol–water partition coefficient (Wildman–Crippen LogP) is 4.91. The molecular weight excluding hydrogens is 407 g/mol. The lowest BCUT2D eigenvalue weighted by Gasteiger charge is -2.25. The van der Waals surface area contributed by atoms with Gasteiger partial charge in [0.2, 0.25) is 5.78 Å². The molecular formula is C22H32F3N5O. The average Bonchev–Trinajstić information content (AvgIpc) is 2.72. The average molecular weight is 440 g/mol. The minimum atomic E-state index is -4.76. The highest BCUT2D eigenvalue weighted by Crippen LogP contribution is 2.33. The molecule has 172 valence electrons. The Morgan fingerprint density at radius 2 is 1.81 bits per heavy atom. The molecule has 9 heteroatoms. The Labute approximate surface area is 184 Å². The molecule has 1 aromatic carbocycles. The van der Waals surface area contributed by atoms with Crippen molar-refractivity contribution in [2.75, 3.05) is 17.6 Å². The Morgan fingerprint density at radius 1 is 1.10 bits per heavy atom. The largest absolute Gasteiger partial charge is 0.418 e. The van der Waals surface area contributed by atoms with E-state index in [1.165, 1.54) is 24.4 Å². The van der Waals surface area contributed by atoms with E-state index in [9.17, 15) is 18.0 Å². The molecule has 1 unspecified atom stereocenters. The van der Waals surface area contributed by atoms with Crippen LogP contribution >= 0.6 is 0 Å². The van der Waals surface area contributed by atoms with Gasteiger partial charge >= 0.3 is 6.18 Å². The summed E-state index contributed by atoms with van der Waals surface area (Å²) in [6.45, 7) is 2.04. The first kappa shape index (κ1) is 22.2.